The van der Waals surface area contributed by atoms with Crippen LogP contribution in [-0.2, 0) is 5.41 Å². The van der Waals surface area contributed by atoms with Gasteiger partial charge in [-0.2, -0.15) is 0 Å². The standard InChI is InChI=1S/C60H41N3/c1-60(2)55-35-41-18-7-6-17-40(41)34-54(55)52-27-13-26-51(58(52)60)50-29-28-48(44-22-8-9-23-45(44)50)49-30-31-53(47-25-11-10-24-46(47)49)59-62-56(38-15-4-3-5-16-38)36-57(63-59)42-20-12-19-39(33-42)43-21-14-32-61-37-43/h3-37H,1-2H3. The van der Waals surface area contributed by atoms with Crippen molar-refractivity contribution >= 4 is 32.3 Å². The highest BCUT2D eigenvalue weighted by Gasteiger charge is 2.38. The number of aromatic nitrogens is 3. The Labute approximate surface area is 367 Å². The van der Waals surface area contributed by atoms with E-state index in [4.69, 9.17) is 9.97 Å². The molecule has 9 aromatic carbocycles. The van der Waals surface area contributed by atoms with Gasteiger partial charge in [0.25, 0.3) is 0 Å². The second-order valence-corrected chi connectivity index (χ2v) is 17.2. The van der Waals surface area contributed by atoms with Gasteiger partial charge in [0.1, 0.15) is 0 Å². The van der Waals surface area contributed by atoms with Crippen LogP contribution in [0.4, 0.5) is 0 Å². The van der Waals surface area contributed by atoms with Crippen LogP contribution in [0.2, 0.25) is 0 Å². The number of fused-ring (bicyclic) bond motifs is 6. The fourth-order valence-electron chi connectivity index (χ4n) is 10.2. The second-order valence-electron chi connectivity index (χ2n) is 17.2. The quantitative estimate of drug-likeness (QED) is 0.168. The molecule has 0 N–H and O–H groups in total. The van der Waals surface area contributed by atoms with Gasteiger partial charge in [-0.15, -0.1) is 0 Å². The van der Waals surface area contributed by atoms with Gasteiger partial charge in [0.2, 0.25) is 0 Å². The third-order valence-corrected chi connectivity index (χ3v) is 13.2. The minimum Gasteiger partial charge on any atom is -0.264 e. The first-order valence-electron chi connectivity index (χ1n) is 21.7. The van der Waals surface area contributed by atoms with Crippen molar-refractivity contribution in [3.05, 3.63) is 224 Å². The van der Waals surface area contributed by atoms with Crippen LogP contribution in [-0.4, -0.2) is 15.0 Å². The van der Waals surface area contributed by atoms with Gasteiger partial charge in [-0.3, -0.25) is 4.98 Å². The van der Waals surface area contributed by atoms with Crippen LogP contribution in [0.25, 0.3) is 111 Å². The zero-order valence-corrected chi connectivity index (χ0v) is 35.0. The van der Waals surface area contributed by atoms with E-state index >= 15 is 0 Å². The van der Waals surface area contributed by atoms with Crippen molar-refractivity contribution in [2.75, 3.05) is 0 Å². The molecule has 0 radical (unpaired) electrons. The molecular formula is C60H41N3. The number of hydrogen-bond donors (Lipinski definition) is 0. The zero-order valence-electron chi connectivity index (χ0n) is 35.0. The molecule has 0 atom stereocenters. The van der Waals surface area contributed by atoms with Crippen LogP contribution in [0.3, 0.4) is 0 Å². The Kier molecular flexibility index (Phi) is 8.52. The van der Waals surface area contributed by atoms with Gasteiger partial charge >= 0.3 is 0 Å². The molecule has 12 rings (SSSR count). The number of benzene rings is 9. The molecule has 3 heteroatoms. The van der Waals surface area contributed by atoms with Gasteiger partial charge in [-0.05, 0) is 119 Å². The third kappa shape index (κ3) is 6.07. The predicted molar refractivity (Wildman–Crippen MR) is 263 cm³/mol. The summed E-state index contributed by atoms with van der Waals surface area (Å²) in [6, 6.07) is 72.3. The number of pyridine rings is 1. The van der Waals surface area contributed by atoms with Gasteiger partial charge in [0.05, 0.1) is 11.4 Å². The molecule has 2 heterocycles. The molecule has 0 spiro atoms. The van der Waals surface area contributed by atoms with E-state index in [1.165, 1.54) is 66.1 Å². The first-order valence-corrected chi connectivity index (χ1v) is 21.7. The summed E-state index contributed by atoms with van der Waals surface area (Å²) in [5, 5.41) is 7.30. The summed E-state index contributed by atoms with van der Waals surface area (Å²) in [7, 11) is 0. The van der Waals surface area contributed by atoms with Crippen molar-refractivity contribution in [2.24, 2.45) is 0 Å². The highest BCUT2D eigenvalue weighted by Crippen LogP contribution is 2.54. The Morgan fingerprint density at radius 3 is 1.52 bits per heavy atom. The van der Waals surface area contributed by atoms with E-state index in [1.54, 1.807) is 6.20 Å². The number of rotatable bonds is 6. The normalized spacial score (nSPS) is 12.7. The molecule has 3 nitrogen and oxygen atoms in total. The molecule has 0 unspecified atom stereocenters. The van der Waals surface area contributed by atoms with Gasteiger partial charge in [0.15, 0.2) is 5.82 Å². The summed E-state index contributed by atoms with van der Waals surface area (Å²) in [5.41, 5.74) is 17.2. The van der Waals surface area contributed by atoms with Crippen LogP contribution >= 0.6 is 0 Å². The van der Waals surface area contributed by atoms with Crippen molar-refractivity contribution in [1.82, 2.24) is 15.0 Å². The van der Waals surface area contributed by atoms with E-state index in [1.807, 2.05) is 18.3 Å². The predicted octanol–water partition coefficient (Wildman–Crippen LogP) is 15.6. The van der Waals surface area contributed by atoms with E-state index in [0.717, 1.165) is 50.0 Å². The largest absolute Gasteiger partial charge is 0.264 e. The molecule has 0 fully saturated rings. The van der Waals surface area contributed by atoms with E-state index in [0.29, 0.717) is 5.82 Å². The van der Waals surface area contributed by atoms with Crippen molar-refractivity contribution in [1.29, 1.82) is 0 Å². The molecule has 1 aliphatic rings. The molecule has 0 saturated carbocycles. The van der Waals surface area contributed by atoms with E-state index in [2.05, 4.69) is 207 Å². The van der Waals surface area contributed by atoms with Crippen LogP contribution in [0.15, 0.2) is 213 Å². The lowest BCUT2D eigenvalue weighted by atomic mass is 9.77. The first kappa shape index (κ1) is 36.8. The fraction of sp³-hybridized carbons (Fsp3) is 0.0500. The van der Waals surface area contributed by atoms with Gasteiger partial charge in [0, 0.05) is 40.1 Å². The van der Waals surface area contributed by atoms with Crippen LogP contribution < -0.4 is 0 Å². The molecule has 11 aromatic rings. The Hall–Kier alpha value is -8.01. The highest BCUT2D eigenvalue weighted by molar-refractivity contribution is 6.12. The topological polar surface area (TPSA) is 38.7 Å². The maximum Gasteiger partial charge on any atom is 0.161 e. The Bertz CT molecular complexity index is 3590. The first-order chi connectivity index (χ1) is 31.0. The lowest BCUT2D eigenvalue weighted by Crippen LogP contribution is -2.16. The van der Waals surface area contributed by atoms with Crippen molar-refractivity contribution in [3.63, 3.8) is 0 Å². The summed E-state index contributed by atoms with van der Waals surface area (Å²) in [6.07, 6.45) is 3.71. The summed E-state index contributed by atoms with van der Waals surface area (Å²) < 4.78 is 0. The Morgan fingerprint density at radius 2 is 0.857 bits per heavy atom. The van der Waals surface area contributed by atoms with Crippen molar-refractivity contribution in [3.8, 4) is 78.4 Å². The third-order valence-electron chi connectivity index (χ3n) is 13.2. The van der Waals surface area contributed by atoms with Gasteiger partial charge < -0.3 is 0 Å². The highest BCUT2D eigenvalue weighted by atomic mass is 14.9. The molecule has 0 saturated heterocycles. The average Bonchev–Trinajstić information content (AvgIpc) is 3.57. The lowest BCUT2D eigenvalue weighted by Gasteiger charge is -2.25. The van der Waals surface area contributed by atoms with E-state index < -0.39 is 0 Å². The smallest absolute Gasteiger partial charge is 0.161 e. The molecular weight excluding hydrogens is 763 g/mol. The van der Waals surface area contributed by atoms with E-state index in [-0.39, 0.29) is 5.41 Å². The summed E-state index contributed by atoms with van der Waals surface area (Å²) in [5.74, 6) is 0.690. The van der Waals surface area contributed by atoms with E-state index in [9.17, 15) is 0 Å². The molecule has 0 aliphatic heterocycles. The zero-order chi connectivity index (χ0) is 42.1. The molecule has 296 valence electrons. The summed E-state index contributed by atoms with van der Waals surface area (Å²) in [6.45, 7) is 4.78. The summed E-state index contributed by atoms with van der Waals surface area (Å²) in [4.78, 5) is 15.0. The second kappa shape index (κ2) is 14.6. The SMILES string of the molecule is CC1(C)c2cc3ccccc3cc2-c2cccc(-c3ccc(-c4ccc(-c5nc(-c6ccccc6)cc(-c6cccc(-c7cccnc7)c6)n5)c5ccccc45)c4ccccc34)c21. The molecule has 1 aliphatic carbocycles. The summed E-state index contributed by atoms with van der Waals surface area (Å²) >= 11 is 0. The monoisotopic (exact) mass is 803 g/mol. The Balaban J connectivity index is 1.00. The van der Waals surface area contributed by atoms with Crippen molar-refractivity contribution < 1.29 is 0 Å². The lowest BCUT2D eigenvalue weighted by molar-refractivity contribution is 0.663. The van der Waals surface area contributed by atoms with Gasteiger partial charge in [-0.25, -0.2) is 9.97 Å². The maximum absolute atomic E-state index is 5.33. The fourth-order valence-corrected chi connectivity index (χ4v) is 10.2. The number of nitrogens with zero attached hydrogens (tertiary/aromatic N) is 3. The van der Waals surface area contributed by atoms with Crippen LogP contribution in [0.5, 0.6) is 0 Å². The maximum atomic E-state index is 5.33. The molecule has 0 bridgehead atoms. The van der Waals surface area contributed by atoms with Crippen LogP contribution in [0.1, 0.15) is 25.0 Å². The molecule has 0 amide bonds. The minimum atomic E-state index is -0.168. The molecule has 2 aromatic heterocycles. The molecule has 63 heavy (non-hydrogen) atoms. The number of hydrogen-bond acceptors (Lipinski definition) is 3. The van der Waals surface area contributed by atoms with Crippen LogP contribution in [0, 0.1) is 0 Å². The minimum absolute atomic E-state index is 0.168. The Morgan fingerprint density at radius 1 is 0.349 bits per heavy atom. The average molecular weight is 804 g/mol. The van der Waals surface area contributed by atoms with Crippen molar-refractivity contribution in [2.45, 2.75) is 19.3 Å². The van der Waals surface area contributed by atoms with Gasteiger partial charge in [-0.1, -0.05) is 178 Å².